The van der Waals surface area contributed by atoms with E-state index in [-0.39, 0.29) is 0 Å². The van der Waals surface area contributed by atoms with Crippen molar-refractivity contribution in [2.45, 2.75) is 26.2 Å². The zero-order valence-corrected chi connectivity index (χ0v) is 11.0. The van der Waals surface area contributed by atoms with Gasteiger partial charge in [-0.25, -0.2) is 0 Å². The van der Waals surface area contributed by atoms with Crippen molar-refractivity contribution < 1.29 is 5.11 Å². The summed E-state index contributed by atoms with van der Waals surface area (Å²) in [4.78, 5) is 0. The van der Waals surface area contributed by atoms with Gasteiger partial charge in [-0.15, -0.1) is 0 Å². The van der Waals surface area contributed by atoms with Crippen molar-refractivity contribution >= 4 is 21.5 Å². The van der Waals surface area contributed by atoms with Crippen molar-refractivity contribution in [3.05, 3.63) is 53.1 Å². The second-order valence-corrected chi connectivity index (χ2v) is 5.40. The summed E-state index contributed by atoms with van der Waals surface area (Å²) in [5.41, 5.74) is 3.64. The fourth-order valence-electron chi connectivity index (χ4n) is 3.47. The van der Waals surface area contributed by atoms with Crippen LogP contribution in [0.2, 0.25) is 0 Å². The maximum atomic E-state index is 10.5. The summed E-state index contributed by atoms with van der Waals surface area (Å²) in [6.07, 6.45) is 2.87. The minimum Gasteiger partial charge on any atom is -0.507 e. The molecule has 0 atom stereocenters. The van der Waals surface area contributed by atoms with Crippen LogP contribution in [0.15, 0.2) is 36.4 Å². The number of aromatic hydroxyl groups is 1. The maximum Gasteiger partial charge on any atom is 0.122 e. The molecule has 19 heavy (non-hydrogen) atoms. The third-order valence-electron chi connectivity index (χ3n) is 4.41. The highest BCUT2D eigenvalue weighted by molar-refractivity contribution is 6.12. The molecule has 0 spiro atoms. The number of phenols is 1. The van der Waals surface area contributed by atoms with Crippen molar-refractivity contribution in [2.24, 2.45) is 0 Å². The fourth-order valence-corrected chi connectivity index (χ4v) is 3.47. The molecule has 4 rings (SSSR count). The molecular formula is C18H16O. The van der Waals surface area contributed by atoms with Gasteiger partial charge in [0.15, 0.2) is 0 Å². The SMILES string of the molecule is CCc1cc2ccc3cccc4c3c2c(c1O)CC4. The van der Waals surface area contributed by atoms with Gasteiger partial charge in [0.1, 0.15) is 5.75 Å². The van der Waals surface area contributed by atoms with Crippen molar-refractivity contribution in [3.8, 4) is 5.75 Å². The molecule has 3 aromatic rings. The van der Waals surface area contributed by atoms with Crippen LogP contribution in [0, 0.1) is 0 Å². The Balaban J connectivity index is 2.29. The Bertz CT molecular complexity index is 815. The Kier molecular flexibility index (Phi) is 2.14. The summed E-state index contributed by atoms with van der Waals surface area (Å²) >= 11 is 0. The predicted octanol–water partition coefficient (Wildman–Crippen LogP) is 4.36. The molecule has 94 valence electrons. The predicted molar refractivity (Wildman–Crippen MR) is 79.9 cm³/mol. The summed E-state index contributed by atoms with van der Waals surface area (Å²) in [7, 11) is 0. The third-order valence-corrected chi connectivity index (χ3v) is 4.41. The number of phenolic OH excluding ortho intramolecular Hbond substituents is 1. The fraction of sp³-hybridized carbons (Fsp3) is 0.222. The molecule has 1 aliphatic rings. The molecule has 1 nitrogen and oxygen atoms in total. The molecule has 3 aromatic carbocycles. The van der Waals surface area contributed by atoms with Gasteiger partial charge >= 0.3 is 0 Å². The first-order valence-electron chi connectivity index (χ1n) is 6.97. The summed E-state index contributed by atoms with van der Waals surface area (Å²) in [6.45, 7) is 2.10. The molecule has 1 N–H and O–H groups in total. The standard InChI is InChI=1S/C18H16O/c1-2-11-10-14-7-6-12-4-3-5-13-8-9-15(18(11)19)17(14)16(12)13/h3-7,10,19H,2,8-9H2,1H3. The zero-order valence-electron chi connectivity index (χ0n) is 11.0. The van der Waals surface area contributed by atoms with Gasteiger partial charge in [0.2, 0.25) is 0 Å². The van der Waals surface area contributed by atoms with Gasteiger partial charge < -0.3 is 5.11 Å². The van der Waals surface area contributed by atoms with E-state index in [1.807, 2.05) is 0 Å². The van der Waals surface area contributed by atoms with Crippen LogP contribution in [0.4, 0.5) is 0 Å². The van der Waals surface area contributed by atoms with Crippen molar-refractivity contribution in [1.82, 2.24) is 0 Å². The van der Waals surface area contributed by atoms with Crippen LogP contribution in [-0.2, 0) is 19.3 Å². The molecule has 0 aliphatic heterocycles. The average Bonchev–Trinajstić information content (AvgIpc) is 2.46. The van der Waals surface area contributed by atoms with Crippen LogP contribution in [0.3, 0.4) is 0 Å². The zero-order chi connectivity index (χ0) is 13.0. The lowest BCUT2D eigenvalue weighted by Crippen LogP contribution is -2.03. The van der Waals surface area contributed by atoms with E-state index in [4.69, 9.17) is 0 Å². The summed E-state index contributed by atoms with van der Waals surface area (Å²) in [5.74, 6) is 0.525. The lowest BCUT2D eigenvalue weighted by Gasteiger charge is -2.21. The molecule has 0 saturated heterocycles. The molecule has 0 fully saturated rings. The van der Waals surface area contributed by atoms with Crippen LogP contribution in [0.25, 0.3) is 21.5 Å². The van der Waals surface area contributed by atoms with Gasteiger partial charge in [-0.2, -0.15) is 0 Å². The maximum absolute atomic E-state index is 10.5. The Morgan fingerprint density at radius 3 is 2.68 bits per heavy atom. The quantitative estimate of drug-likeness (QED) is 0.634. The van der Waals surface area contributed by atoms with Crippen molar-refractivity contribution in [2.75, 3.05) is 0 Å². The highest BCUT2D eigenvalue weighted by Gasteiger charge is 2.19. The van der Waals surface area contributed by atoms with Crippen molar-refractivity contribution in [1.29, 1.82) is 0 Å². The van der Waals surface area contributed by atoms with E-state index in [2.05, 4.69) is 43.3 Å². The molecule has 0 radical (unpaired) electrons. The van der Waals surface area contributed by atoms with Gasteiger partial charge in [-0.05, 0) is 58.0 Å². The molecule has 0 saturated carbocycles. The lowest BCUT2D eigenvalue weighted by atomic mass is 9.84. The van der Waals surface area contributed by atoms with E-state index >= 15 is 0 Å². The first-order valence-corrected chi connectivity index (χ1v) is 6.97. The number of aryl methyl sites for hydroxylation is 3. The van der Waals surface area contributed by atoms with Crippen molar-refractivity contribution in [3.63, 3.8) is 0 Å². The number of hydrogen-bond acceptors (Lipinski definition) is 1. The van der Waals surface area contributed by atoms with E-state index < -0.39 is 0 Å². The Morgan fingerprint density at radius 2 is 1.84 bits per heavy atom. The highest BCUT2D eigenvalue weighted by atomic mass is 16.3. The molecule has 0 unspecified atom stereocenters. The average molecular weight is 248 g/mol. The van der Waals surface area contributed by atoms with Gasteiger partial charge in [0.05, 0.1) is 0 Å². The Hall–Kier alpha value is -2.02. The monoisotopic (exact) mass is 248 g/mol. The minimum atomic E-state index is 0.525. The first kappa shape index (κ1) is 10.9. The smallest absolute Gasteiger partial charge is 0.122 e. The topological polar surface area (TPSA) is 20.2 Å². The number of rotatable bonds is 1. The molecule has 0 bridgehead atoms. The van der Waals surface area contributed by atoms with Gasteiger partial charge in [-0.1, -0.05) is 37.3 Å². The van der Waals surface area contributed by atoms with E-state index in [1.165, 1.54) is 27.1 Å². The summed E-state index contributed by atoms with van der Waals surface area (Å²) < 4.78 is 0. The lowest BCUT2D eigenvalue weighted by molar-refractivity contribution is 0.462. The summed E-state index contributed by atoms with van der Waals surface area (Å²) in [5, 5.41) is 15.6. The second-order valence-electron chi connectivity index (χ2n) is 5.40. The molecule has 0 heterocycles. The first-order chi connectivity index (χ1) is 9.29. The van der Waals surface area contributed by atoms with E-state index in [0.29, 0.717) is 5.75 Å². The van der Waals surface area contributed by atoms with Crippen LogP contribution in [-0.4, -0.2) is 5.11 Å². The molecule has 0 amide bonds. The molecule has 1 aliphatic carbocycles. The van der Waals surface area contributed by atoms with Crippen LogP contribution in [0.5, 0.6) is 5.75 Å². The van der Waals surface area contributed by atoms with Crippen LogP contribution < -0.4 is 0 Å². The third kappa shape index (κ3) is 1.36. The second kappa shape index (κ2) is 3.74. The molecule has 0 aromatic heterocycles. The van der Waals surface area contributed by atoms with Crippen LogP contribution >= 0.6 is 0 Å². The minimum absolute atomic E-state index is 0.525. The van der Waals surface area contributed by atoms with Gasteiger partial charge in [0, 0.05) is 5.56 Å². The van der Waals surface area contributed by atoms with E-state index in [0.717, 1.165) is 30.4 Å². The number of hydrogen-bond donors (Lipinski definition) is 1. The largest absolute Gasteiger partial charge is 0.507 e. The Labute approximate surface area is 112 Å². The van der Waals surface area contributed by atoms with Gasteiger partial charge in [0.25, 0.3) is 0 Å². The highest BCUT2D eigenvalue weighted by Crippen LogP contribution is 2.41. The normalized spacial score (nSPS) is 13.5. The molecule has 1 heteroatoms. The van der Waals surface area contributed by atoms with E-state index in [9.17, 15) is 5.11 Å². The van der Waals surface area contributed by atoms with Crippen LogP contribution in [0.1, 0.15) is 23.6 Å². The summed E-state index contributed by atoms with van der Waals surface area (Å²) in [6, 6.07) is 13.1. The molecular weight excluding hydrogens is 232 g/mol. The Morgan fingerprint density at radius 1 is 1.00 bits per heavy atom. The van der Waals surface area contributed by atoms with Gasteiger partial charge in [-0.3, -0.25) is 0 Å². The number of benzene rings is 3. The van der Waals surface area contributed by atoms with E-state index in [1.54, 1.807) is 0 Å².